The Morgan fingerprint density at radius 3 is 2.33 bits per heavy atom. The Morgan fingerprint density at radius 1 is 1.28 bits per heavy atom. The number of hydrogen-bond acceptors (Lipinski definition) is 3. The lowest BCUT2D eigenvalue weighted by Crippen LogP contribution is -2.33. The van der Waals surface area contributed by atoms with Gasteiger partial charge in [-0.1, -0.05) is 13.8 Å². The number of nitrogens with zero attached hydrogens (tertiary/aromatic N) is 3. The molecule has 1 atom stereocenters. The summed E-state index contributed by atoms with van der Waals surface area (Å²) in [5, 5.41) is 8.07. The molecular weight excluding hydrogens is 224 g/mol. The first-order chi connectivity index (χ1) is 8.51. The lowest BCUT2D eigenvalue weighted by atomic mass is 10.1. The quantitative estimate of drug-likeness (QED) is 0.806. The molecule has 1 N–H and O–H groups in total. The first kappa shape index (κ1) is 15.2. The maximum absolute atomic E-state index is 4.47. The van der Waals surface area contributed by atoms with Crippen LogP contribution in [0.4, 0.5) is 0 Å². The van der Waals surface area contributed by atoms with Gasteiger partial charge in [-0.05, 0) is 33.9 Å². The smallest absolute Gasteiger partial charge is 0.0644 e. The van der Waals surface area contributed by atoms with Crippen molar-refractivity contribution in [2.75, 3.05) is 26.2 Å². The summed E-state index contributed by atoms with van der Waals surface area (Å²) in [6.07, 6.45) is 0. The summed E-state index contributed by atoms with van der Waals surface area (Å²) in [5.41, 5.74) is 3.74. The Balaban J connectivity index is 2.53. The van der Waals surface area contributed by atoms with E-state index in [0.29, 0.717) is 6.04 Å². The second kappa shape index (κ2) is 6.90. The number of aromatic nitrogens is 2. The van der Waals surface area contributed by atoms with E-state index in [1.807, 2.05) is 11.7 Å². The fraction of sp³-hybridized carbons (Fsp3) is 0.786. The fourth-order valence-corrected chi connectivity index (χ4v) is 2.50. The van der Waals surface area contributed by atoms with Crippen LogP contribution < -0.4 is 5.32 Å². The minimum absolute atomic E-state index is 0.370. The van der Waals surface area contributed by atoms with Crippen LogP contribution in [0.1, 0.15) is 43.8 Å². The number of likely N-dealkylation sites (N-methyl/N-ethyl adjacent to an activating group) is 1. The van der Waals surface area contributed by atoms with Crippen molar-refractivity contribution in [3.8, 4) is 0 Å². The third kappa shape index (κ3) is 3.56. The molecule has 0 saturated heterocycles. The Kier molecular flexibility index (Phi) is 5.82. The van der Waals surface area contributed by atoms with Crippen LogP contribution >= 0.6 is 0 Å². The van der Waals surface area contributed by atoms with Crippen LogP contribution in [0.15, 0.2) is 0 Å². The third-order valence-corrected chi connectivity index (χ3v) is 3.77. The highest BCUT2D eigenvalue weighted by molar-refractivity contribution is 5.27. The van der Waals surface area contributed by atoms with Gasteiger partial charge in [-0.15, -0.1) is 0 Å². The second-order valence-corrected chi connectivity index (χ2v) is 4.91. The van der Waals surface area contributed by atoms with Gasteiger partial charge in [-0.3, -0.25) is 4.68 Å². The van der Waals surface area contributed by atoms with Crippen LogP contribution in [0.2, 0.25) is 0 Å². The first-order valence-electron chi connectivity index (χ1n) is 6.97. The van der Waals surface area contributed by atoms with Crippen LogP contribution in [0.3, 0.4) is 0 Å². The molecule has 1 aromatic rings. The average molecular weight is 252 g/mol. The van der Waals surface area contributed by atoms with Gasteiger partial charge in [0, 0.05) is 37.4 Å². The van der Waals surface area contributed by atoms with Gasteiger partial charge in [0.05, 0.1) is 5.69 Å². The molecule has 0 fully saturated rings. The molecule has 4 heteroatoms. The van der Waals surface area contributed by atoms with E-state index < -0.39 is 0 Å². The number of rotatable bonds is 7. The highest BCUT2D eigenvalue weighted by Gasteiger charge is 2.15. The van der Waals surface area contributed by atoms with E-state index >= 15 is 0 Å². The van der Waals surface area contributed by atoms with Gasteiger partial charge in [-0.2, -0.15) is 5.10 Å². The van der Waals surface area contributed by atoms with Crippen LogP contribution in [0.25, 0.3) is 0 Å². The third-order valence-electron chi connectivity index (χ3n) is 3.77. The molecule has 0 amide bonds. The predicted octanol–water partition coefficient (Wildman–Crippen LogP) is 2.03. The lowest BCUT2D eigenvalue weighted by molar-refractivity contribution is 0.298. The maximum Gasteiger partial charge on any atom is 0.0644 e. The van der Waals surface area contributed by atoms with Gasteiger partial charge in [0.15, 0.2) is 0 Å². The van der Waals surface area contributed by atoms with Crippen LogP contribution in [0.5, 0.6) is 0 Å². The van der Waals surface area contributed by atoms with Crippen LogP contribution in [-0.2, 0) is 7.05 Å². The van der Waals surface area contributed by atoms with Crippen LogP contribution in [0, 0.1) is 13.8 Å². The zero-order valence-corrected chi connectivity index (χ0v) is 12.7. The molecule has 0 radical (unpaired) electrons. The summed E-state index contributed by atoms with van der Waals surface area (Å²) in [6.45, 7) is 15.2. The van der Waals surface area contributed by atoms with E-state index in [0.717, 1.165) is 31.9 Å². The molecular formula is C14H28N4. The van der Waals surface area contributed by atoms with Crippen molar-refractivity contribution >= 4 is 0 Å². The van der Waals surface area contributed by atoms with Gasteiger partial charge >= 0.3 is 0 Å². The molecule has 0 bridgehead atoms. The molecule has 0 spiro atoms. The molecule has 0 aliphatic heterocycles. The standard InChI is InChI=1S/C14H28N4/c1-7-18(8-2)10-9-15-11(3)14-12(4)16-17(6)13(14)5/h11,15H,7-10H2,1-6H3. The zero-order chi connectivity index (χ0) is 13.7. The Morgan fingerprint density at radius 2 is 1.89 bits per heavy atom. The Bertz CT molecular complexity index is 366. The number of hydrogen-bond donors (Lipinski definition) is 1. The van der Waals surface area contributed by atoms with E-state index in [2.05, 4.69) is 49.9 Å². The fourth-order valence-electron chi connectivity index (χ4n) is 2.50. The van der Waals surface area contributed by atoms with E-state index in [1.54, 1.807) is 0 Å². The van der Waals surface area contributed by atoms with Gasteiger partial charge < -0.3 is 10.2 Å². The SMILES string of the molecule is CCN(CC)CCNC(C)c1c(C)nn(C)c1C. The van der Waals surface area contributed by atoms with Crippen molar-refractivity contribution in [1.29, 1.82) is 0 Å². The lowest BCUT2D eigenvalue weighted by Gasteiger charge is -2.20. The maximum atomic E-state index is 4.47. The topological polar surface area (TPSA) is 33.1 Å². The average Bonchev–Trinajstić information content (AvgIpc) is 2.59. The molecule has 1 heterocycles. The summed E-state index contributed by atoms with van der Waals surface area (Å²) in [6, 6.07) is 0.370. The minimum atomic E-state index is 0.370. The summed E-state index contributed by atoms with van der Waals surface area (Å²) in [7, 11) is 2.01. The number of aryl methyl sites for hydroxylation is 2. The molecule has 0 aliphatic carbocycles. The highest BCUT2D eigenvalue weighted by atomic mass is 15.3. The molecule has 0 saturated carbocycles. The molecule has 18 heavy (non-hydrogen) atoms. The summed E-state index contributed by atoms with van der Waals surface area (Å²) >= 11 is 0. The van der Waals surface area contributed by atoms with Crippen molar-refractivity contribution in [2.24, 2.45) is 7.05 Å². The van der Waals surface area contributed by atoms with E-state index in [-0.39, 0.29) is 0 Å². The second-order valence-electron chi connectivity index (χ2n) is 4.91. The van der Waals surface area contributed by atoms with Gasteiger partial charge in [0.2, 0.25) is 0 Å². The number of nitrogens with one attached hydrogen (secondary N) is 1. The molecule has 1 aromatic heterocycles. The Labute approximate surface area is 111 Å². The molecule has 1 rings (SSSR count). The molecule has 1 unspecified atom stereocenters. The van der Waals surface area contributed by atoms with Crippen molar-refractivity contribution in [2.45, 2.75) is 40.7 Å². The van der Waals surface area contributed by atoms with Gasteiger partial charge in [-0.25, -0.2) is 0 Å². The molecule has 0 aliphatic rings. The molecule has 104 valence electrons. The van der Waals surface area contributed by atoms with Crippen molar-refractivity contribution in [3.05, 3.63) is 17.0 Å². The van der Waals surface area contributed by atoms with Crippen molar-refractivity contribution < 1.29 is 0 Å². The van der Waals surface area contributed by atoms with Crippen molar-refractivity contribution in [1.82, 2.24) is 20.0 Å². The van der Waals surface area contributed by atoms with Gasteiger partial charge in [0.1, 0.15) is 0 Å². The molecule has 4 nitrogen and oxygen atoms in total. The molecule has 0 aromatic carbocycles. The largest absolute Gasteiger partial charge is 0.309 e. The van der Waals surface area contributed by atoms with E-state index in [9.17, 15) is 0 Å². The summed E-state index contributed by atoms with van der Waals surface area (Å²) in [5.74, 6) is 0. The van der Waals surface area contributed by atoms with E-state index in [1.165, 1.54) is 11.3 Å². The highest BCUT2D eigenvalue weighted by Crippen LogP contribution is 2.20. The van der Waals surface area contributed by atoms with Gasteiger partial charge in [0.25, 0.3) is 0 Å². The zero-order valence-electron chi connectivity index (χ0n) is 12.7. The minimum Gasteiger partial charge on any atom is -0.309 e. The van der Waals surface area contributed by atoms with Crippen LogP contribution in [-0.4, -0.2) is 40.9 Å². The summed E-state index contributed by atoms with van der Waals surface area (Å²) in [4.78, 5) is 2.43. The van der Waals surface area contributed by atoms with E-state index in [4.69, 9.17) is 0 Å². The summed E-state index contributed by atoms with van der Waals surface area (Å²) < 4.78 is 1.97. The Hall–Kier alpha value is -0.870. The van der Waals surface area contributed by atoms with Crippen molar-refractivity contribution in [3.63, 3.8) is 0 Å². The monoisotopic (exact) mass is 252 g/mol. The first-order valence-corrected chi connectivity index (χ1v) is 6.97. The predicted molar refractivity (Wildman–Crippen MR) is 76.9 cm³/mol. The normalized spacial score (nSPS) is 13.3.